The summed E-state index contributed by atoms with van der Waals surface area (Å²) in [6, 6.07) is 9.08. The quantitative estimate of drug-likeness (QED) is 0.516. The molecular formula is C19H19N7O3. The minimum atomic E-state index is -0.357. The number of hydrogen-bond donors (Lipinski definition) is 2. The number of nitrogens with zero attached hydrogens (tertiary/aromatic N) is 5. The van der Waals surface area contributed by atoms with Crippen LogP contribution in [0.15, 0.2) is 47.2 Å². The number of nitrogens with one attached hydrogen (secondary N) is 2. The van der Waals surface area contributed by atoms with Crippen molar-refractivity contribution >= 4 is 17.4 Å². The fraction of sp³-hybridized carbons (Fsp3) is 0.211. The van der Waals surface area contributed by atoms with Gasteiger partial charge in [0.2, 0.25) is 11.8 Å². The van der Waals surface area contributed by atoms with Gasteiger partial charge in [-0.3, -0.25) is 5.32 Å². The molecule has 0 aliphatic carbocycles. The molecule has 0 saturated carbocycles. The van der Waals surface area contributed by atoms with E-state index in [0.717, 1.165) is 16.6 Å². The maximum absolute atomic E-state index is 12.1. The van der Waals surface area contributed by atoms with Crippen molar-refractivity contribution in [2.75, 3.05) is 19.0 Å². The highest BCUT2D eigenvalue weighted by Crippen LogP contribution is 2.23. The van der Waals surface area contributed by atoms with Gasteiger partial charge in [0.25, 0.3) is 0 Å². The summed E-state index contributed by atoms with van der Waals surface area (Å²) in [7, 11) is 1.58. The van der Waals surface area contributed by atoms with E-state index >= 15 is 0 Å². The van der Waals surface area contributed by atoms with Crippen molar-refractivity contribution in [1.29, 1.82) is 0 Å². The van der Waals surface area contributed by atoms with Crippen molar-refractivity contribution in [3.8, 4) is 17.0 Å². The van der Waals surface area contributed by atoms with Crippen molar-refractivity contribution in [3.63, 3.8) is 0 Å². The number of fused-ring (bicyclic) bond motifs is 1. The molecule has 0 aliphatic heterocycles. The van der Waals surface area contributed by atoms with Gasteiger partial charge in [-0.25, -0.2) is 14.3 Å². The van der Waals surface area contributed by atoms with Gasteiger partial charge in [-0.2, -0.15) is 4.98 Å². The van der Waals surface area contributed by atoms with Crippen LogP contribution in [0.2, 0.25) is 0 Å². The molecule has 0 spiro atoms. The molecule has 0 fully saturated rings. The molecule has 2 N–H and O–H groups in total. The number of anilines is 1. The average Bonchev–Trinajstić information content (AvgIpc) is 3.32. The van der Waals surface area contributed by atoms with Crippen LogP contribution in [0, 0.1) is 6.92 Å². The average molecular weight is 393 g/mol. The Morgan fingerprint density at radius 3 is 2.86 bits per heavy atom. The Labute approximate surface area is 165 Å². The Bertz CT molecular complexity index is 1130. The molecule has 0 saturated heterocycles. The lowest BCUT2D eigenvalue weighted by atomic mass is 10.1. The molecule has 0 bridgehead atoms. The number of aromatic nitrogens is 5. The molecule has 10 nitrogen and oxygen atoms in total. The number of ether oxygens (including phenoxy) is 1. The number of aryl methyl sites for hydroxylation is 1. The Balaban J connectivity index is 1.39. The Hall–Kier alpha value is -3.95. The van der Waals surface area contributed by atoms with Crippen molar-refractivity contribution in [1.82, 2.24) is 30.1 Å². The molecule has 4 rings (SSSR count). The first-order valence-corrected chi connectivity index (χ1v) is 8.94. The van der Waals surface area contributed by atoms with Crippen LogP contribution < -0.4 is 15.4 Å². The van der Waals surface area contributed by atoms with E-state index in [2.05, 4.69) is 30.9 Å². The SMILES string of the molecule is COc1ccc(-c2ccn3nc(NC(=O)NCCc4nc(C)no4)cc3c2)cn1. The smallest absolute Gasteiger partial charge is 0.320 e. The van der Waals surface area contributed by atoms with Crippen LogP contribution in [-0.2, 0) is 6.42 Å². The van der Waals surface area contributed by atoms with Crippen LogP contribution in [0.5, 0.6) is 5.88 Å². The summed E-state index contributed by atoms with van der Waals surface area (Å²) >= 11 is 0. The first kappa shape index (κ1) is 18.4. The fourth-order valence-electron chi connectivity index (χ4n) is 2.79. The second-order valence-corrected chi connectivity index (χ2v) is 6.27. The summed E-state index contributed by atoms with van der Waals surface area (Å²) < 4.78 is 11.8. The Morgan fingerprint density at radius 2 is 2.14 bits per heavy atom. The highest BCUT2D eigenvalue weighted by Gasteiger charge is 2.09. The third-order valence-corrected chi connectivity index (χ3v) is 4.18. The van der Waals surface area contributed by atoms with Gasteiger partial charge in [-0.15, -0.1) is 5.10 Å². The van der Waals surface area contributed by atoms with E-state index in [1.54, 1.807) is 30.8 Å². The predicted octanol–water partition coefficient (Wildman–Crippen LogP) is 2.46. The van der Waals surface area contributed by atoms with Gasteiger partial charge < -0.3 is 14.6 Å². The highest BCUT2D eigenvalue weighted by molar-refractivity contribution is 5.89. The molecule has 148 valence electrons. The number of rotatable bonds is 6. The summed E-state index contributed by atoms with van der Waals surface area (Å²) in [5.41, 5.74) is 2.78. The zero-order chi connectivity index (χ0) is 20.2. The lowest BCUT2D eigenvalue weighted by molar-refractivity contribution is 0.251. The maximum Gasteiger partial charge on any atom is 0.320 e. The minimum absolute atomic E-state index is 0.357. The number of methoxy groups -OCH3 is 1. The summed E-state index contributed by atoms with van der Waals surface area (Å²) in [5, 5.41) is 13.5. The van der Waals surface area contributed by atoms with Gasteiger partial charge >= 0.3 is 6.03 Å². The predicted molar refractivity (Wildman–Crippen MR) is 105 cm³/mol. The van der Waals surface area contributed by atoms with Gasteiger partial charge in [-0.05, 0) is 30.7 Å². The van der Waals surface area contributed by atoms with E-state index in [0.29, 0.717) is 36.4 Å². The van der Waals surface area contributed by atoms with Gasteiger partial charge in [0.1, 0.15) is 0 Å². The summed E-state index contributed by atoms with van der Waals surface area (Å²) in [6.07, 6.45) is 4.03. The summed E-state index contributed by atoms with van der Waals surface area (Å²) in [6.45, 7) is 2.11. The highest BCUT2D eigenvalue weighted by atomic mass is 16.5. The molecule has 29 heavy (non-hydrogen) atoms. The number of amides is 2. The van der Waals surface area contributed by atoms with Gasteiger partial charge in [0.15, 0.2) is 11.6 Å². The molecule has 0 radical (unpaired) electrons. The number of carbonyl (C=O) groups excluding carboxylic acids is 1. The standard InChI is InChI=1S/C19H19N7O3/c1-12-22-18(29-25-12)5-7-20-19(27)23-16-10-15-9-13(6-8-26(15)24-16)14-3-4-17(28-2)21-11-14/h3-4,6,8-11H,5,7H2,1-2H3,(H2,20,23,24,27). The molecule has 0 aliphatic rings. The van der Waals surface area contributed by atoms with E-state index in [1.165, 1.54) is 0 Å². The lowest BCUT2D eigenvalue weighted by Crippen LogP contribution is -2.30. The molecule has 4 aromatic heterocycles. The fourth-order valence-corrected chi connectivity index (χ4v) is 2.79. The lowest BCUT2D eigenvalue weighted by Gasteiger charge is -2.03. The first-order chi connectivity index (χ1) is 14.1. The molecular weight excluding hydrogens is 374 g/mol. The van der Waals surface area contributed by atoms with E-state index < -0.39 is 0 Å². The number of carbonyl (C=O) groups is 1. The van der Waals surface area contributed by atoms with Crippen LogP contribution in [0.25, 0.3) is 16.6 Å². The number of hydrogen-bond acceptors (Lipinski definition) is 7. The van der Waals surface area contributed by atoms with Gasteiger partial charge in [0, 0.05) is 43.1 Å². The van der Waals surface area contributed by atoms with Crippen LogP contribution in [0.4, 0.5) is 10.6 Å². The van der Waals surface area contributed by atoms with Crippen LogP contribution >= 0.6 is 0 Å². The third-order valence-electron chi connectivity index (χ3n) is 4.18. The number of pyridine rings is 2. The second kappa shape index (κ2) is 7.97. The largest absolute Gasteiger partial charge is 0.481 e. The third kappa shape index (κ3) is 4.32. The summed E-state index contributed by atoms with van der Waals surface area (Å²) in [4.78, 5) is 20.4. The van der Waals surface area contributed by atoms with E-state index in [-0.39, 0.29) is 6.03 Å². The van der Waals surface area contributed by atoms with Gasteiger partial charge in [0.05, 0.1) is 12.6 Å². The Morgan fingerprint density at radius 1 is 1.24 bits per heavy atom. The molecule has 4 aromatic rings. The van der Waals surface area contributed by atoms with Crippen LogP contribution in [-0.4, -0.2) is 44.4 Å². The van der Waals surface area contributed by atoms with Crippen molar-refractivity contribution in [3.05, 3.63) is 54.4 Å². The summed E-state index contributed by atoms with van der Waals surface area (Å²) in [5.74, 6) is 2.06. The number of urea groups is 1. The van der Waals surface area contributed by atoms with Gasteiger partial charge in [-0.1, -0.05) is 5.16 Å². The van der Waals surface area contributed by atoms with E-state index in [4.69, 9.17) is 9.26 Å². The minimum Gasteiger partial charge on any atom is -0.481 e. The topological polar surface area (TPSA) is 119 Å². The van der Waals surface area contributed by atoms with E-state index in [9.17, 15) is 4.79 Å². The molecule has 0 atom stereocenters. The van der Waals surface area contributed by atoms with Crippen molar-refractivity contribution in [2.24, 2.45) is 0 Å². The molecule has 4 heterocycles. The van der Waals surface area contributed by atoms with Crippen molar-refractivity contribution in [2.45, 2.75) is 13.3 Å². The van der Waals surface area contributed by atoms with Crippen LogP contribution in [0.1, 0.15) is 11.7 Å². The second-order valence-electron chi connectivity index (χ2n) is 6.27. The molecule has 0 unspecified atom stereocenters. The monoisotopic (exact) mass is 393 g/mol. The zero-order valence-corrected chi connectivity index (χ0v) is 15.9. The van der Waals surface area contributed by atoms with Crippen LogP contribution in [0.3, 0.4) is 0 Å². The Kier molecular flexibility index (Phi) is 5.06. The maximum atomic E-state index is 12.1. The molecule has 10 heteroatoms. The molecule has 0 aromatic carbocycles. The first-order valence-electron chi connectivity index (χ1n) is 8.94. The normalized spacial score (nSPS) is 10.8. The van der Waals surface area contributed by atoms with E-state index in [1.807, 2.05) is 30.5 Å². The zero-order valence-electron chi connectivity index (χ0n) is 15.9. The van der Waals surface area contributed by atoms with Crippen molar-refractivity contribution < 1.29 is 14.1 Å². The molecule has 2 amide bonds.